The van der Waals surface area contributed by atoms with Crippen molar-refractivity contribution in [2.75, 3.05) is 4.93 Å². The summed E-state index contributed by atoms with van der Waals surface area (Å²) in [5.74, 6) is 0. The maximum atomic E-state index is 10.7. The molecule has 0 bridgehead atoms. The molecular weight excluding hydrogens is 286 g/mol. The second-order valence-corrected chi connectivity index (χ2v) is 2.33. The molecule has 0 radical (unpaired) electrons. The highest BCUT2D eigenvalue weighted by Crippen LogP contribution is 2.20. The maximum Gasteiger partial charge on any atom is 0.522 e. The predicted octanol–water partition coefficient (Wildman–Crippen LogP) is 1.45. The zero-order valence-electron chi connectivity index (χ0n) is 4.68. The van der Waals surface area contributed by atoms with Crippen molar-refractivity contribution in [3.05, 3.63) is 0 Å². The monoisotopic (exact) mass is 290 g/mol. The van der Waals surface area contributed by atoms with E-state index in [1.165, 1.54) is 0 Å². The molecule has 0 aliphatic heterocycles. The van der Waals surface area contributed by atoms with Gasteiger partial charge in [-0.25, -0.2) is 0 Å². The van der Waals surface area contributed by atoms with Crippen LogP contribution in [0.3, 0.4) is 0 Å². The van der Waals surface area contributed by atoms with Crippen LogP contribution in [0.25, 0.3) is 0 Å². The fourth-order valence-electron chi connectivity index (χ4n) is 0. The Balaban J connectivity index is 0. The molecule has 0 aliphatic carbocycles. The summed E-state index contributed by atoms with van der Waals surface area (Å²) in [5, 5.41) is 0. The molecule has 64 valence electrons. The molecule has 0 atom stereocenters. The van der Waals surface area contributed by atoms with Crippen LogP contribution >= 0.6 is 22.6 Å². The van der Waals surface area contributed by atoms with Crippen LogP contribution in [0.4, 0.5) is 13.2 Å². The van der Waals surface area contributed by atoms with E-state index in [1.807, 2.05) is 4.93 Å². The van der Waals surface area contributed by atoms with Gasteiger partial charge in [-0.2, -0.15) is 21.6 Å². The van der Waals surface area contributed by atoms with Gasteiger partial charge in [-0.3, -0.25) is 4.55 Å². The van der Waals surface area contributed by atoms with E-state index in [0.29, 0.717) is 0 Å². The highest BCUT2D eigenvalue weighted by atomic mass is 125. The molecule has 0 aromatic carbocycles. The van der Waals surface area contributed by atoms with E-state index in [4.69, 9.17) is 13.0 Å². The summed E-state index contributed by atoms with van der Waals surface area (Å²) in [6.07, 6.45) is 0. The lowest BCUT2D eigenvalue weighted by Crippen LogP contribution is -2.21. The Morgan fingerprint density at radius 2 is 1.40 bits per heavy atom. The Morgan fingerprint density at radius 1 is 1.30 bits per heavy atom. The quantitative estimate of drug-likeness (QED) is 0.318. The zero-order valence-corrected chi connectivity index (χ0v) is 7.66. The Hall–Kier alpha value is 0.430. The molecule has 10 heavy (non-hydrogen) atoms. The van der Waals surface area contributed by atoms with Crippen molar-refractivity contribution in [3.63, 3.8) is 0 Å². The SMILES string of the molecule is C[125I].O=S(=O)(O)C(F)(F)F. The van der Waals surface area contributed by atoms with Gasteiger partial charge in [0.25, 0.3) is 0 Å². The molecule has 0 aromatic heterocycles. The van der Waals surface area contributed by atoms with Crippen LogP contribution in [-0.4, -0.2) is 23.4 Å². The summed E-state index contributed by atoms with van der Waals surface area (Å²) in [4.78, 5) is 1.97. The maximum absolute atomic E-state index is 10.7. The van der Waals surface area contributed by atoms with Crippen LogP contribution in [0.15, 0.2) is 0 Å². The first kappa shape index (κ1) is 13.1. The van der Waals surface area contributed by atoms with Crippen molar-refractivity contribution in [2.45, 2.75) is 5.51 Å². The third-order valence-electron chi connectivity index (χ3n) is 0.292. The van der Waals surface area contributed by atoms with Gasteiger partial charge < -0.3 is 0 Å². The first-order valence-electron chi connectivity index (χ1n) is 1.66. The van der Waals surface area contributed by atoms with E-state index in [9.17, 15) is 13.2 Å². The van der Waals surface area contributed by atoms with Crippen LogP contribution < -0.4 is 0 Å². The molecule has 0 unspecified atom stereocenters. The lowest BCUT2D eigenvalue weighted by atomic mass is 11.6. The Morgan fingerprint density at radius 3 is 1.40 bits per heavy atom. The van der Waals surface area contributed by atoms with Crippen molar-refractivity contribution in [2.24, 2.45) is 0 Å². The normalized spacial score (nSPS) is 11.8. The third kappa shape index (κ3) is 5.23. The van der Waals surface area contributed by atoms with Gasteiger partial charge in [-0.05, 0) is 4.93 Å². The molecule has 0 aliphatic rings. The van der Waals surface area contributed by atoms with Crippen LogP contribution in [-0.2, 0) is 10.1 Å². The van der Waals surface area contributed by atoms with Gasteiger partial charge in [0.15, 0.2) is 0 Å². The molecule has 1 N–H and O–H groups in total. The lowest BCUT2D eigenvalue weighted by molar-refractivity contribution is -0.0510. The van der Waals surface area contributed by atoms with Crippen LogP contribution in [0, 0.1) is 0 Å². The van der Waals surface area contributed by atoms with Gasteiger partial charge in [0, 0.05) is 0 Å². The smallest absolute Gasteiger partial charge is 0.279 e. The standard InChI is InChI=1S/CHF3O3S.CH3I/c2-1(3,4)8(5,6)7;1-2/h(H,5,6,7);1H3/i;2-2. The molecule has 0 fully saturated rings. The van der Waals surface area contributed by atoms with Crippen molar-refractivity contribution >= 4 is 32.7 Å². The first-order chi connectivity index (χ1) is 4.25. The van der Waals surface area contributed by atoms with E-state index in [0.717, 1.165) is 0 Å². The van der Waals surface area contributed by atoms with E-state index < -0.39 is 15.6 Å². The average molecular weight is 290 g/mol. The molecule has 8 heteroatoms. The van der Waals surface area contributed by atoms with Gasteiger partial charge in [0.1, 0.15) is 0 Å². The minimum atomic E-state index is -5.84. The van der Waals surface area contributed by atoms with E-state index in [1.54, 1.807) is 0 Å². The van der Waals surface area contributed by atoms with E-state index in [-0.39, 0.29) is 0 Å². The minimum Gasteiger partial charge on any atom is -0.279 e. The van der Waals surface area contributed by atoms with Crippen molar-refractivity contribution in [3.8, 4) is 0 Å². The molecule has 0 saturated heterocycles. The Kier molecular flexibility index (Phi) is 5.66. The minimum absolute atomic E-state index is 1.97. The molecule has 0 rings (SSSR count). The van der Waals surface area contributed by atoms with Crippen LogP contribution in [0.2, 0.25) is 0 Å². The topological polar surface area (TPSA) is 54.4 Å². The molecule has 0 spiro atoms. The number of hydrogen-bond acceptors (Lipinski definition) is 2. The molecule has 3 nitrogen and oxygen atoms in total. The van der Waals surface area contributed by atoms with Crippen molar-refractivity contribution in [1.29, 1.82) is 0 Å². The second kappa shape index (κ2) is 4.34. The summed E-state index contributed by atoms with van der Waals surface area (Å²) < 4.78 is 57.5. The van der Waals surface area contributed by atoms with Gasteiger partial charge >= 0.3 is 15.6 Å². The number of rotatable bonds is 0. The third-order valence-corrected chi connectivity index (χ3v) is 0.877. The number of halogens is 4. The lowest BCUT2D eigenvalue weighted by Gasteiger charge is -1.97. The van der Waals surface area contributed by atoms with Gasteiger partial charge in [0.05, 0.1) is 0 Å². The molecule has 0 aromatic rings. The highest BCUT2D eigenvalue weighted by Gasteiger charge is 2.44. The van der Waals surface area contributed by atoms with Crippen LogP contribution in [0.5, 0.6) is 0 Å². The summed E-state index contributed by atoms with van der Waals surface area (Å²) in [7, 11) is -5.84. The second-order valence-electron chi connectivity index (χ2n) is 0.921. The number of hydrogen-bond donors (Lipinski definition) is 1. The summed E-state index contributed by atoms with van der Waals surface area (Å²) >= 11 is 2.15. The molecule has 0 heterocycles. The van der Waals surface area contributed by atoms with Gasteiger partial charge in [0.2, 0.25) is 0 Å². The van der Waals surface area contributed by atoms with Crippen molar-refractivity contribution in [1.82, 2.24) is 0 Å². The van der Waals surface area contributed by atoms with E-state index in [2.05, 4.69) is 22.6 Å². The summed E-state index contributed by atoms with van der Waals surface area (Å²) in [5.41, 5.74) is -5.53. The van der Waals surface area contributed by atoms with E-state index >= 15 is 0 Å². The van der Waals surface area contributed by atoms with Gasteiger partial charge in [-0.1, -0.05) is 22.6 Å². The van der Waals surface area contributed by atoms with Crippen LogP contribution in [0.1, 0.15) is 0 Å². The molecule has 0 amide bonds. The summed E-state index contributed by atoms with van der Waals surface area (Å²) in [6, 6.07) is 0. The average Bonchev–Trinajstić information content (AvgIpc) is 1.66. The molecular formula is C2H4F3IO3S. The Bertz CT molecular complexity index is 171. The predicted molar refractivity (Wildman–Crippen MR) is 37.5 cm³/mol. The van der Waals surface area contributed by atoms with Gasteiger partial charge in [-0.15, -0.1) is 0 Å². The summed E-state index contributed by atoms with van der Waals surface area (Å²) in [6.45, 7) is 0. The first-order valence-corrected chi connectivity index (χ1v) is 5.26. The van der Waals surface area contributed by atoms with Crippen molar-refractivity contribution < 1.29 is 26.1 Å². The largest absolute Gasteiger partial charge is 0.522 e. The fraction of sp³-hybridized carbons (Fsp3) is 1.00. The highest BCUT2D eigenvalue weighted by molar-refractivity contribution is 14.1. The number of alkyl halides is 4. The Labute approximate surface area is 69.5 Å². The molecule has 0 saturated carbocycles. The zero-order chi connectivity index (χ0) is 9.00. The fourth-order valence-corrected chi connectivity index (χ4v) is 0.